The molecule has 1 heterocycles. The Bertz CT molecular complexity index is 1340. The Labute approximate surface area is 183 Å². The molecule has 4 aromatic rings. The molecule has 8 heteroatoms. The third kappa shape index (κ3) is 4.29. The van der Waals surface area contributed by atoms with Gasteiger partial charge in [0.05, 0.1) is 17.2 Å². The predicted octanol–water partition coefficient (Wildman–Crippen LogP) is 5.44. The minimum Gasteiger partial charge on any atom is -0.490 e. The van der Waals surface area contributed by atoms with E-state index in [1.54, 1.807) is 6.21 Å². The molecule has 1 atom stereocenters. The van der Waals surface area contributed by atoms with E-state index in [9.17, 15) is 14.9 Å². The number of rotatable bonds is 7. The number of hydrogen-bond donors (Lipinski definition) is 1. The lowest BCUT2D eigenvalue weighted by molar-refractivity contribution is -0.384. The SMILES string of the molecule is CC[C@@H](C)Oc1ccc2ccccc2c1/C=N/NC(=O)c1cc2cc([N+](=O)[O-])ccc2o1. The highest BCUT2D eigenvalue weighted by molar-refractivity contribution is 6.03. The second-order valence-electron chi connectivity index (χ2n) is 7.32. The number of nitrogens with one attached hydrogen (secondary N) is 1. The first-order valence-electron chi connectivity index (χ1n) is 10.2. The smallest absolute Gasteiger partial charge is 0.307 e. The lowest BCUT2D eigenvalue weighted by Gasteiger charge is -2.16. The lowest BCUT2D eigenvalue weighted by Crippen LogP contribution is -2.17. The van der Waals surface area contributed by atoms with Gasteiger partial charge in [-0.15, -0.1) is 0 Å². The van der Waals surface area contributed by atoms with Crippen LogP contribution in [0.3, 0.4) is 0 Å². The molecule has 8 nitrogen and oxygen atoms in total. The second kappa shape index (κ2) is 8.89. The number of amides is 1. The van der Waals surface area contributed by atoms with Crippen LogP contribution in [0.25, 0.3) is 21.7 Å². The van der Waals surface area contributed by atoms with E-state index in [0.29, 0.717) is 16.7 Å². The Morgan fingerprint density at radius 1 is 1.19 bits per heavy atom. The molecule has 1 aromatic heterocycles. The molecular weight excluding hydrogens is 410 g/mol. The van der Waals surface area contributed by atoms with Crippen LogP contribution >= 0.6 is 0 Å². The molecule has 0 radical (unpaired) electrons. The third-order valence-electron chi connectivity index (χ3n) is 5.13. The molecule has 4 rings (SSSR count). The van der Waals surface area contributed by atoms with Crippen molar-refractivity contribution in [2.24, 2.45) is 5.10 Å². The van der Waals surface area contributed by atoms with Crippen molar-refractivity contribution in [1.82, 2.24) is 5.43 Å². The van der Waals surface area contributed by atoms with Gasteiger partial charge in [0.2, 0.25) is 0 Å². The molecule has 32 heavy (non-hydrogen) atoms. The average Bonchev–Trinajstić information content (AvgIpc) is 3.23. The standard InChI is InChI=1S/C24H21N3O5/c1-3-15(2)31-22-10-8-16-6-4-5-7-19(16)20(22)14-25-26-24(28)23-13-17-12-18(27(29)30)9-11-21(17)32-23/h4-15H,3H2,1-2H3,(H,26,28)/b25-14+/t15-/m1/s1. The molecule has 0 saturated heterocycles. The normalized spacial score (nSPS) is 12.3. The summed E-state index contributed by atoms with van der Waals surface area (Å²) in [4.78, 5) is 22.9. The molecule has 0 unspecified atom stereocenters. The number of nitrogens with zero attached hydrogens (tertiary/aromatic N) is 2. The molecule has 1 amide bonds. The summed E-state index contributed by atoms with van der Waals surface area (Å²) < 4.78 is 11.5. The van der Waals surface area contributed by atoms with Gasteiger partial charge in [-0.2, -0.15) is 5.10 Å². The first-order chi connectivity index (χ1) is 15.5. The van der Waals surface area contributed by atoms with Gasteiger partial charge < -0.3 is 9.15 Å². The number of nitro benzene ring substituents is 1. The lowest BCUT2D eigenvalue weighted by atomic mass is 10.0. The van der Waals surface area contributed by atoms with Crippen molar-refractivity contribution in [3.63, 3.8) is 0 Å². The molecule has 0 fully saturated rings. The summed E-state index contributed by atoms with van der Waals surface area (Å²) in [6.07, 6.45) is 2.42. The van der Waals surface area contributed by atoms with Crippen LogP contribution in [0.1, 0.15) is 36.4 Å². The fraction of sp³-hybridized carbons (Fsp3) is 0.167. The zero-order valence-electron chi connectivity index (χ0n) is 17.6. The highest BCUT2D eigenvalue weighted by atomic mass is 16.6. The van der Waals surface area contributed by atoms with Crippen molar-refractivity contribution >= 4 is 39.6 Å². The quantitative estimate of drug-likeness (QED) is 0.238. The number of carbonyl (C=O) groups is 1. The summed E-state index contributed by atoms with van der Waals surface area (Å²) >= 11 is 0. The second-order valence-corrected chi connectivity index (χ2v) is 7.32. The maximum atomic E-state index is 12.5. The van der Waals surface area contributed by atoms with Gasteiger partial charge in [0.25, 0.3) is 5.69 Å². The summed E-state index contributed by atoms with van der Waals surface area (Å²) in [6, 6.07) is 17.3. The van der Waals surface area contributed by atoms with Crippen molar-refractivity contribution in [1.29, 1.82) is 0 Å². The Hall–Kier alpha value is -4.20. The van der Waals surface area contributed by atoms with Gasteiger partial charge >= 0.3 is 5.91 Å². The van der Waals surface area contributed by atoms with E-state index in [4.69, 9.17) is 9.15 Å². The first-order valence-corrected chi connectivity index (χ1v) is 10.2. The zero-order valence-corrected chi connectivity index (χ0v) is 17.6. The Balaban J connectivity index is 1.59. The molecule has 0 spiro atoms. The number of hydrogen-bond acceptors (Lipinski definition) is 6. The molecule has 1 N–H and O–H groups in total. The maximum absolute atomic E-state index is 12.5. The zero-order chi connectivity index (χ0) is 22.7. The topological polar surface area (TPSA) is 107 Å². The van der Waals surface area contributed by atoms with Crippen LogP contribution in [0.5, 0.6) is 5.75 Å². The summed E-state index contributed by atoms with van der Waals surface area (Å²) in [6.45, 7) is 4.03. The Kier molecular flexibility index (Phi) is 5.85. The van der Waals surface area contributed by atoms with Crippen LogP contribution < -0.4 is 10.2 Å². The number of furan rings is 1. The molecule has 0 saturated carbocycles. The van der Waals surface area contributed by atoms with E-state index in [1.807, 2.05) is 50.2 Å². The van der Waals surface area contributed by atoms with Crippen LogP contribution in [0, 0.1) is 10.1 Å². The van der Waals surface area contributed by atoms with Crippen LogP contribution in [-0.4, -0.2) is 23.1 Å². The van der Waals surface area contributed by atoms with Gasteiger partial charge in [0, 0.05) is 23.1 Å². The molecule has 162 valence electrons. The first kappa shape index (κ1) is 21.0. The van der Waals surface area contributed by atoms with Gasteiger partial charge in [-0.25, -0.2) is 5.43 Å². The van der Waals surface area contributed by atoms with Gasteiger partial charge in [-0.1, -0.05) is 37.3 Å². The highest BCUT2D eigenvalue weighted by Crippen LogP contribution is 2.28. The van der Waals surface area contributed by atoms with Gasteiger partial charge in [0.1, 0.15) is 11.3 Å². The summed E-state index contributed by atoms with van der Waals surface area (Å²) in [5.41, 5.74) is 3.51. The average molecular weight is 431 g/mol. The van der Waals surface area contributed by atoms with Crippen LogP contribution in [0.2, 0.25) is 0 Å². The number of fused-ring (bicyclic) bond motifs is 2. The van der Waals surface area contributed by atoms with Gasteiger partial charge in [-0.3, -0.25) is 14.9 Å². The summed E-state index contributed by atoms with van der Waals surface area (Å²) in [5.74, 6) is 0.114. The molecule has 0 aliphatic rings. The van der Waals surface area contributed by atoms with Crippen molar-refractivity contribution in [3.8, 4) is 5.75 Å². The van der Waals surface area contributed by atoms with Crippen molar-refractivity contribution in [3.05, 3.63) is 82.1 Å². The summed E-state index contributed by atoms with van der Waals surface area (Å²) in [5, 5.41) is 17.5. The Morgan fingerprint density at radius 2 is 2.00 bits per heavy atom. The molecule has 0 aliphatic carbocycles. The van der Waals surface area contributed by atoms with Crippen molar-refractivity contribution < 1.29 is 18.9 Å². The predicted molar refractivity (Wildman–Crippen MR) is 122 cm³/mol. The van der Waals surface area contributed by atoms with Crippen molar-refractivity contribution in [2.45, 2.75) is 26.4 Å². The number of carbonyl (C=O) groups excluding carboxylic acids is 1. The number of hydrazone groups is 1. The van der Waals surface area contributed by atoms with E-state index < -0.39 is 10.8 Å². The van der Waals surface area contributed by atoms with E-state index in [2.05, 4.69) is 10.5 Å². The fourth-order valence-electron chi connectivity index (χ4n) is 3.28. The third-order valence-corrected chi connectivity index (χ3v) is 5.13. The van der Waals surface area contributed by atoms with Crippen molar-refractivity contribution in [2.75, 3.05) is 0 Å². The monoisotopic (exact) mass is 431 g/mol. The maximum Gasteiger partial charge on any atom is 0.307 e. The van der Waals surface area contributed by atoms with Crippen LogP contribution in [-0.2, 0) is 0 Å². The molecule has 3 aromatic carbocycles. The molecule has 0 aliphatic heterocycles. The van der Waals surface area contributed by atoms with Crippen LogP contribution in [0.15, 0.2) is 70.2 Å². The van der Waals surface area contributed by atoms with E-state index >= 15 is 0 Å². The Morgan fingerprint density at radius 3 is 2.78 bits per heavy atom. The number of benzene rings is 3. The minimum absolute atomic E-state index is 0.00615. The highest BCUT2D eigenvalue weighted by Gasteiger charge is 2.15. The van der Waals surface area contributed by atoms with Gasteiger partial charge in [-0.05, 0) is 42.3 Å². The summed E-state index contributed by atoms with van der Waals surface area (Å²) in [7, 11) is 0. The minimum atomic E-state index is -0.565. The van der Waals surface area contributed by atoms with E-state index in [-0.39, 0.29) is 17.6 Å². The van der Waals surface area contributed by atoms with E-state index in [1.165, 1.54) is 24.3 Å². The number of ether oxygens (including phenoxy) is 1. The van der Waals surface area contributed by atoms with Crippen LogP contribution in [0.4, 0.5) is 5.69 Å². The molecular formula is C24H21N3O5. The largest absolute Gasteiger partial charge is 0.490 e. The number of non-ortho nitro benzene ring substituents is 1. The van der Waals surface area contributed by atoms with E-state index in [0.717, 1.165) is 22.8 Å². The van der Waals surface area contributed by atoms with Gasteiger partial charge in [0.15, 0.2) is 5.76 Å². The number of nitro groups is 1. The fourth-order valence-corrected chi connectivity index (χ4v) is 3.28. The molecule has 0 bridgehead atoms.